The van der Waals surface area contributed by atoms with Gasteiger partial charge in [-0.25, -0.2) is 15.0 Å². The molecule has 5 heteroatoms. The summed E-state index contributed by atoms with van der Waals surface area (Å²) in [4.78, 5) is 16.2. The lowest BCUT2D eigenvalue weighted by atomic mass is 9.92. The summed E-state index contributed by atoms with van der Waals surface area (Å²) >= 11 is 0. The van der Waals surface area contributed by atoms with Crippen LogP contribution in [0, 0.1) is 0 Å². The van der Waals surface area contributed by atoms with Gasteiger partial charge in [0.15, 0.2) is 11.6 Å². The zero-order valence-corrected chi connectivity index (χ0v) is 9.77. The molecule has 3 rings (SSSR count). The van der Waals surface area contributed by atoms with E-state index in [4.69, 9.17) is 0 Å². The van der Waals surface area contributed by atoms with Crippen molar-refractivity contribution in [2.24, 2.45) is 0 Å². The number of hydrogen-bond donors (Lipinski definition) is 2. The monoisotopic (exact) mass is 229 g/mol. The molecule has 88 valence electrons. The molecule has 0 saturated heterocycles. The summed E-state index contributed by atoms with van der Waals surface area (Å²) in [5.41, 5.74) is 2.38. The van der Waals surface area contributed by atoms with Gasteiger partial charge in [0.25, 0.3) is 0 Å². The molecule has 0 aromatic carbocycles. The van der Waals surface area contributed by atoms with Crippen LogP contribution in [0.1, 0.15) is 30.1 Å². The highest BCUT2D eigenvalue weighted by Crippen LogP contribution is 2.28. The molecule has 1 aliphatic rings. The van der Waals surface area contributed by atoms with Gasteiger partial charge < -0.3 is 10.3 Å². The molecule has 1 atom stereocenters. The van der Waals surface area contributed by atoms with Gasteiger partial charge in [-0.1, -0.05) is 0 Å². The number of aromatic amines is 1. The van der Waals surface area contributed by atoms with Crippen LogP contribution in [-0.2, 0) is 6.42 Å². The number of fused-ring (bicyclic) bond motifs is 1. The standard InChI is InChI=1S/C12H15N5/c1-13-9-3-2-4-10-8(9)7-16-12(17-10)11-14-5-6-15-11/h5-7,9,13H,2-4H2,1H3,(H,14,15). The summed E-state index contributed by atoms with van der Waals surface area (Å²) in [6.07, 6.45) is 8.80. The number of rotatable bonds is 2. The van der Waals surface area contributed by atoms with E-state index in [-0.39, 0.29) is 0 Å². The van der Waals surface area contributed by atoms with Crippen molar-refractivity contribution in [1.82, 2.24) is 25.3 Å². The highest BCUT2D eigenvalue weighted by molar-refractivity contribution is 5.44. The predicted molar refractivity (Wildman–Crippen MR) is 64.4 cm³/mol. The Morgan fingerprint density at radius 3 is 3.12 bits per heavy atom. The van der Waals surface area contributed by atoms with Gasteiger partial charge in [-0.15, -0.1) is 0 Å². The van der Waals surface area contributed by atoms with E-state index < -0.39 is 0 Å². The van der Waals surface area contributed by atoms with Crippen molar-refractivity contribution in [2.45, 2.75) is 25.3 Å². The minimum absolute atomic E-state index is 0.393. The molecule has 0 aliphatic heterocycles. The maximum Gasteiger partial charge on any atom is 0.195 e. The van der Waals surface area contributed by atoms with Crippen LogP contribution < -0.4 is 5.32 Å². The van der Waals surface area contributed by atoms with Gasteiger partial charge in [0.1, 0.15) is 0 Å². The second-order valence-electron chi connectivity index (χ2n) is 4.27. The Balaban J connectivity index is 2.02. The van der Waals surface area contributed by atoms with E-state index >= 15 is 0 Å². The number of H-pyrrole nitrogens is 1. The lowest BCUT2D eigenvalue weighted by Crippen LogP contribution is -2.22. The van der Waals surface area contributed by atoms with Gasteiger partial charge in [-0.05, 0) is 26.3 Å². The first-order chi connectivity index (χ1) is 8.38. The van der Waals surface area contributed by atoms with E-state index in [1.165, 1.54) is 12.0 Å². The van der Waals surface area contributed by atoms with E-state index in [1.807, 2.05) is 13.2 Å². The van der Waals surface area contributed by atoms with Gasteiger partial charge >= 0.3 is 0 Å². The quantitative estimate of drug-likeness (QED) is 0.818. The van der Waals surface area contributed by atoms with Crippen molar-refractivity contribution in [1.29, 1.82) is 0 Å². The Kier molecular flexibility index (Phi) is 2.60. The molecule has 0 amide bonds. The fourth-order valence-corrected chi connectivity index (χ4v) is 2.35. The average Bonchev–Trinajstić information content (AvgIpc) is 2.91. The van der Waals surface area contributed by atoms with Crippen molar-refractivity contribution in [3.05, 3.63) is 29.8 Å². The first-order valence-corrected chi connectivity index (χ1v) is 5.91. The van der Waals surface area contributed by atoms with Crippen molar-refractivity contribution in [2.75, 3.05) is 7.05 Å². The summed E-state index contributed by atoms with van der Waals surface area (Å²) in [7, 11) is 1.99. The topological polar surface area (TPSA) is 66.5 Å². The molecule has 2 aromatic heterocycles. The summed E-state index contributed by atoms with van der Waals surface area (Å²) in [5.74, 6) is 1.42. The highest BCUT2D eigenvalue weighted by Gasteiger charge is 2.21. The third-order valence-electron chi connectivity index (χ3n) is 3.24. The van der Waals surface area contributed by atoms with Crippen LogP contribution in [0.15, 0.2) is 18.6 Å². The number of aryl methyl sites for hydroxylation is 1. The Morgan fingerprint density at radius 2 is 2.35 bits per heavy atom. The SMILES string of the molecule is CNC1CCCc2nc(-c3ncc[nH]3)ncc21. The number of hydrogen-bond acceptors (Lipinski definition) is 4. The lowest BCUT2D eigenvalue weighted by molar-refractivity contribution is 0.487. The van der Waals surface area contributed by atoms with Crippen LogP contribution in [-0.4, -0.2) is 27.0 Å². The normalized spacial score (nSPS) is 19.0. The molecule has 17 heavy (non-hydrogen) atoms. The number of nitrogens with zero attached hydrogens (tertiary/aromatic N) is 3. The molecular weight excluding hydrogens is 214 g/mol. The maximum atomic E-state index is 4.61. The zero-order chi connectivity index (χ0) is 11.7. The summed E-state index contributed by atoms with van der Waals surface area (Å²) in [6.45, 7) is 0. The molecule has 0 radical (unpaired) electrons. The van der Waals surface area contributed by atoms with Gasteiger partial charge in [0, 0.05) is 35.9 Å². The second kappa shape index (κ2) is 4.25. The largest absolute Gasteiger partial charge is 0.342 e. The highest BCUT2D eigenvalue weighted by atomic mass is 15.0. The van der Waals surface area contributed by atoms with Crippen molar-refractivity contribution in [3.63, 3.8) is 0 Å². The molecule has 1 unspecified atom stereocenters. The third-order valence-corrected chi connectivity index (χ3v) is 3.24. The molecule has 0 fully saturated rings. The van der Waals surface area contributed by atoms with Gasteiger partial charge in [0.2, 0.25) is 0 Å². The van der Waals surface area contributed by atoms with E-state index in [0.717, 1.165) is 24.4 Å². The zero-order valence-electron chi connectivity index (χ0n) is 9.77. The van der Waals surface area contributed by atoms with Gasteiger partial charge in [0.05, 0.1) is 0 Å². The third kappa shape index (κ3) is 1.82. The average molecular weight is 229 g/mol. The molecule has 0 spiro atoms. The number of nitrogens with one attached hydrogen (secondary N) is 2. The fourth-order valence-electron chi connectivity index (χ4n) is 2.35. The second-order valence-corrected chi connectivity index (χ2v) is 4.27. The smallest absolute Gasteiger partial charge is 0.195 e. The number of aromatic nitrogens is 4. The summed E-state index contributed by atoms with van der Waals surface area (Å²) < 4.78 is 0. The van der Waals surface area contributed by atoms with Crippen molar-refractivity contribution in [3.8, 4) is 11.6 Å². The molecule has 2 N–H and O–H groups in total. The molecule has 0 bridgehead atoms. The summed E-state index contributed by atoms with van der Waals surface area (Å²) in [6, 6.07) is 0.393. The van der Waals surface area contributed by atoms with Crippen LogP contribution >= 0.6 is 0 Å². The van der Waals surface area contributed by atoms with Crippen LogP contribution in [0.5, 0.6) is 0 Å². The van der Waals surface area contributed by atoms with Gasteiger partial charge in [-0.3, -0.25) is 0 Å². The minimum atomic E-state index is 0.393. The Hall–Kier alpha value is -1.75. The van der Waals surface area contributed by atoms with Crippen LogP contribution in [0.25, 0.3) is 11.6 Å². The number of imidazole rings is 1. The lowest BCUT2D eigenvalue weighted by Gasteiger charge is -2.23. The van der Waals surface area contributed by atoms with Crippen LogP contribution in [0.4, 0.5) is 0 Å². The predicted octanol–water partition coefficient (Wildman–Crippen LogP) is 1.46. The Morgan fingerprint density at radius 1 is 1.41 bits per heavy atom. The molecular formula is C12H15N5. The molecule has 2 aromatic rings. The van der Waals surface area contributed by atoms with E-state index in [2.05, 4.69) is 25.3 Å². The molecule has 5 nitrogen and oxygen atoms in total. The van der Waals surface area contributed by atoms with E-state index in [0.29, 0.717) is 11.9 Å². The van der Waals surface area contributed by atoms with Crippen LogP contribution in [0.2, 0.25) is 0 Å². The first-order valence-electron chi connectivity index (χ1n) is 5.91. The summed E-state index contributed by atoms with van der Waals surface area (Å²) in [5, 5.41) is 3.31. The Bertz CT molecular complexity index is 506. The fraction of sp³-hybridized carbons (Fsp3) is 0.417. The van der Waals surface area contributed by atoms with Crippen molar-refractivity contribution < 1.29 is 0 Å². The van der Waals surface area contributed by atoms with E-state index in [9.17, 15) is 0 Å². The Labute approximate surface area is 99.7 Å². The molecule has 1 aliphatic carbocycles. The van der Waals surface area contributed by atoms with E-state index in [1.54, 1.807) is 12.4 Å². The van der Waals surface area contributed by atoms with Crippen molar-refractivity contribution >= 4 is 0 Å². The molecule has 2 heterocycles. The first kappa shape index (κ1) is 10.4. The van der Waals surface area contributed by atoms with Gasteiger partial charge in [-0.2, -0.15) is 0 Å². The van der Waals surface area contributed by atoms with Crippen LogP contribution in [0.3, 0.4) is 0 Å². The molecule has 0 saturated carbocycles. The maximum absolute atomic E-state index is 4.61. The minimum Gasteiger partial charge on any atom is -0.342 e.